The van der Waals surface area contributed by atoms with Crippen molar-refractivity contribution in [1.29, 1.82) is 0 Å². The molecule has 0 aliphatic heterocycles. The van der Waals surface area contributed by atoms with E-state index in [9.17, 15) is 19.5 Å². The lowest BCUT2D eigenvalue weighted by Crippen LogP contribution is -2.15. The van der Waals surface area contributed by atoms with Crippen molar-refractivity contribution < 1.29 is 24.6 Å². The highest BCUT2D eigenvalue weighted by Crippen LogP contribution is 2.24. The molecular weight excluding hydrogens is 356 g/mol. The Morgan fingerprint density at radius 2 is 1.43 bits per heavy atom. The second-order valence-electron chi connectivity index (χ2n) is 6.01. The maximum absolute atomic E-state index is 11.9. The molecule has 5 heteroatoms. The third-order valence-electron chi connectivity index (χ3n) is 4.11. The molecule has 0 unspecified atom stereocenters. The van der Waals surface area contributed by atoms with E-state index in [4.69, 9.17) is 5.11 Å². The van der Waals surface area contributed by atoms with Gasteiger partial charge in [-0.2, -0.15) is 0 Å². The van der Waals surface area contributed by atoms with E-state index in [0.717, 1.165) is 11.6 Å². The molecule has 1 aliphatic rings. The van der Waals surface area contributed by atoms with Crippen LogP contribution < -0.4 is 0 Å². The van der Waals surface area contributed by atoms with E-state index in [1.54, 1.807) is 42.5 Å². The van der Waals surface area contributed by atoms with Crippen molar-refractivity contribution in [2.45, 2.75) is 0 Å². The number of carbonyl (C=O) groups is 3. The molecule has 1 aliphatic carbocycles. The molecule has 0 fully saturated rings. The Kier molecular flexibility index (Phi) is 5.46. The van der Waals surface area contributed by atoms with Crippen molar-refractivity contribution >= 4 is 23.4 Å². The first kappa shape index (κ1) is 18.8. The van der Waals surface area contributed by atoms with Crippen LogP contribution in [0.3, 0.4) is 0 Å². The second kappa shape index (κ2) is 8.14. The van der Waals surface area contributed by atoms with E-state index in [1.807, 2.05) is 18.2 Å². The van der Waals surface area contributed by atoms with Crippen molar-refractivity contribution in [2.75, 3.05) is 0 Å². The Bertz CT molecular complexity index is 1080. The summed E-state index contributed by atoms with van der Waals surface area (Å²) < 4.78 is 0. The van der Waals surface area contributed by atoms with Crippen LogP contribution in [0.1, 0.15) is 31.8 Å². The second-order valence-corrected chi connectivity index (χ2v) is 6.01. The summed E-state index contributed by atoms with van der Waals surface area (Å²) in [4.78, 5) is 34.1. The molecule has 28 heavy (non-hydrogen) atoms. The van der Waals surface area contributed by atoms with Gasteiger partial charge in [0.15, 0.2) is 5.78 Å². The highest BCUT2D eigenvalue weighted by molar-refractivity contribution is 6.49. The molecule has 0 aromatic heterocycles. The van der Waals surface area contributed by atoms with Crippen LogP contribution in [0.25, 0.3) is 6.08 Å². The molecule has 2 N–H and O–H groups in total. The number of benzene rings is 3. The summed E-state index contributed by atoms with van der Waals surface area (Å²) in [6.45, 7) is 0. The van der Waals surface area contributed by atoms with E-state index < -0.39 is 11.6 Å². The van der Waals surface area contributed by atoms with E-state index in [2.05, 4.69) is 0 Å². The lowest BCUT2D eigenvalue weighted by molar-refractivity contribution is -0.110. The van der Waals surface area contributed by atoms with Crippen LogP contribution >= 0.6 is 0 Å². The van der Waals surface area contributed by atoms with Crippen molar-refractivity contribution in [1.82, 2.24) is 0 Å². The van der Waals surface area contributed by atoms with Gasteiger partial charge in [-0.1, -0.05) is 60.7 Å². The predicted octanol–water partition coefficient (Wildman–Crippen LogP) is 3.79. The van der Waals surface area contributed by atoms with Gasteiger partial charge in [-0.15, -0.1) is 0 Å². The molecule has 5 nitrogen and oxygen atoms in total. The topological polar surface area (TPSA) is 91.7 Å². The molecule has 0 bridgehead atoms. The van der Waals surface area contributed by atoms with Crippen LogP contribution in [0.4, 0.5) is 0 Å². The quantitative estimate of drug-likeness (QED) is 0.527. The third-order valence-corrected chi connectivity index (χ3v) is 4.11. The van der Waals surface area contributed by atoms with E-state index >= 15 is 0 Å². The predicted molar refractivity (Wildman–Crippen MR) is 104 cm³/mol. The maximum Gasteiger partial charge on any atom is 0.233 e. The van der Waals surface area contributed by atoms with E-state index in [-0.39, 0.29) is 22.8 Å². The van der Waals surface area contributed by atoms with Crippen LogP contribution in [0.15, 0.2) is 78.9 Å². The van der Waals surface area contributed by atoms with Gasteiger partial charge in [0, 0.05) is 17.2 Å². The minimum atomic E-state index is -0.436. The first-order chi connectivity index (χ1) is 13.5. The average molecular weight is 372 g/mol. The van der Waals surface area contributed by atoms with Gasteiger partial charge < -0.3 is 10.2 Å². The largest absolute Gasteiger partial charge is 0.508 e. The molecule has 0 atom stereocenters. The van der Waals surface area contributed by atoms with Crippen LogP contribution in [0.2, 0.25) is 0 Å². The number of Topliss-reactive ketones (excluding diaryl/α,β-unsaturated/α-hetero) is 1. The van der Waals surface area contributed by atoms with E-state index in [1.165, 1.54) is 18.2 Å². The summed E-state index contributed by atoms with van der Waals surface area (Å²) in [7, 11) is 0. The van der Waals surface area contributed by atoms with Crippen molar-refractivity contribution in [3.05, 3.63) is 101 Å². The number of aromatic hydroxyl groups is 2. The molecule has 0 saturated carbocycles. The monoisotopic (exact) mass is 372 g/mol. The Labute approximate surface area is 161 Å². The van der Waals surface area contributed by atoms with Gasteiger partial charge >= 0.3 is 0 Å². The Morgan fingerprint density at radius 3 is 2.14 bits per heavy atom. The lowest BCUT2D eigenvalue weighted by atomic mass is 9.96. The Balaban J connectivity index is 0.000000167. The summed E-state index contributed by atoms with van der Waals surface area (Å²) in [5.41, 5.74) is 2.01. The van der Waals surface area contributed by atoms with Gasteiger partial charge in [0.2, 0.25) is 11.6 Å². The molecule has 0 amide bonds. The number of hydrogen-bond acceptors (Lipinski definition) is 5. The molecule has 138 valence electrons. The molecule has 0 saturated heterocycles. The zero-order chi connectivity index (χ0) is 20.1. The van der Waals surface area contributed by atoms with Crippen molar-refractivity contribution in [2.24, 2.45) is 0 Å². The number of phenolic OH excluding ortho intramolecular Hbond substituents is 2. The smallest absolute Gasteiger partial charge is 0.233 e. The summed E-state index contributed by atoms with van der Waals surface area (Å²) in [5, 5.41) is 18.7. The van der Waals surface area contributed by atoms with Gasteiger partial charge in [0.05, 0.1) is 5.56 Å². The molecule has 0 heterocycles. The zero-order valence-electron chi connectivity index (χ0n) is 14.7. The number of hydrogen-bond donors (Lipinski definition) is 2. The molecule has 0 radical (unpaired) electrons. The summed E-state index contributed by atoms with van der Waals surface area (Å²) in [6, 6.07) is 19.7. The number of fused-ring (bicyclic) bond motifs is 1. The number of rotatable bonds is 2. The highest BCUT2D eigenvalue weighted by atomic mass is 16.3. The zero-order valence-corrected chi connectivity index (χ0v) is 14.7. The molecule has 0 spiro atoms. The van der Waals surface area contributed by atoms with Gasteiger partial charge in [0.25, 0.3) is 0 Å². The molecule has 3 aromatic carbocycles. The van der Waals surface area contributed by atoms with Gasteiger partial charge in [-0.3, -0.25) is 14.4 Å². The van der Waals surface area contributed by atoms with Crippen LogP contribution in [0.5, 0.6) is 11.5 Å². The fraction of sp³-hybridized carbons (Fsp3) is 0. The van der Waals surface area contributed by atoms with E-state index in [0.29, 0.717) is 11.1 Å². The van der Waals surface area contributed by atoms with Gasteiger partial charge in [-0.05, 0) is 23.8 Å². The minimum absolute atomic E-state index is 0.0675. The van der Waals surface area contributed by atoms with Crippen LogP contribution in [0, 0.1) is 0 Å². The van der Waals surface area contributed by atoms with Crippen molar-refractivity contribution in [3.63, 3.8) is 0 Å². The summed E-state index contributed by atoms with van der Waals surface area (Å²) in [5.74, 6) is -1.39. The standard InChI is InChI=1S/C13H10O3.C10H6O2/c14-10-6-7-11(12(15)8-10)13(16)9-4-2-1-3-5-9;11-9-6-5-7-3-1-2-4-8(7)10(9)12/h1-8,14-15H;1-6H. The average Bonchev–Trinajstić information content (AvgIpc) is 2.72. The first-order valence-electron chi connectivity index (χ1n) is 8.45. The van der Waals surface area contributed by atoms with Gasteiger partial charge in [-0.25, -0.2) is 0 Å². The lowest BCUT2D eigenvalue weighted by Gasteiger charge is -2.06. The molecule has 4 rings (SSSR count). The maximum atomic E-state index is 11.9. The number of carbonyl (C=O) groups excluding carboxylic acids is 3. The fourth-order valence-electron chi connectivity index (χ4n) is 2.68. The normalized spacial score (nSPS) is 12.0. The molecule has 3 aromatic rings. The SMILES string of the molecule is O=C(c1ccccc1)c1ccc(O)cc1O.O=C1C=Cc2ccccc2C1=O. The Morgan fingerprint density at radius 1 is 0.750 bits per heavy atom. The minimum Gasteiger partial charge on any atom is -0.508 e. The number of ketones is 3. The summed E-state index contributed by atoms with van der Waals surface area (Å²) >= 11 is 0. The third kappa shape index (κ3) is 4.04. The highest BCUT2D eigenvalue weighted by Gasteiger charge is 2.19. The fourth-order valence-corrected chi connectivity index (χ4v) is 2.68. The molecular formula is C23H16O5. The van der Waals surface area contributed by atoms with Crippen molar-refractivity contribution in [3.8, 4) is 11.5 Å². The first-order valence-corrected chi connectivity index (χ1v) is 8.45. The van der Waals surface area contributed by atoms with Gasteiger partial charge in [0.1, 0.15) is 11.5 Å². The van der Waals surface area contributed by atoms with Crippen LogP contribution in [-0.2, 0) is 4.79 Å². The Hall–Kier alpha value is -3.99. The number of phenols is 2. The summed E-state index contributed by atoms with van der Waals surface area (Å²) in [6.07, 6.45) is 2.98. The number of allylic oxidation sites excluding steroid dienone is 1. The van der Waals surface area contributed by atoms with Crippen LogP contribution in [-0.4, -0.2) is 27.6 Å².